The number of nitrogens with zero attached hydrogens (tertiary/aromatic N) is 1. The van der Waals surface area contributed by atoms with Gasteiger partial charge in [-0.15, -0.1) is 0 Å². The number of hydrogen-bond donors (Lipinski definition) is 0. The number of carbonyl (C=O) groups is 2. The van der Waals surface area contributed by atoms with Gasteiger partial charge in [-0.2, -0.15) is 0 Å². The van der Waals surface area contributed by atoms with E-state index in [1.165, 1.54) is 0 Å². The second-order valence-corrected chi connectivity index (χ2v) is 5.30. The Bertz CT molecular complexity index is 916. The lowest BCUT2D eigenvalue weighted by molar-refractivity contribution is 0.0737. The molecule has 1 fully saturated rings. The van der Waals surface area contributed by atoms with Gasteiger partial charge in [0.1, 0.15) is 5.75 Å². The van der Waals surface area contributed by atoms with Crippen LogP contribution >= 0.6 is 0 Å². The Morgan fingerprint density at radius 2 is 1.92 bits per heavy atom. The van der Waals surface area contributed by atoms with Crippen LogP contribution in [0.25, 0.3) is 10.9 Å². The highest BCUT2D eigenvalue weighted by Gasteiger charge is 2.27. The normalized spacial score (nSPS) is 16.7. The first-order valence-electron chi connectivity index (χ1n) is 7.42. The van der Waals surface area contributed by atoms with Crippen molar-refractivity contribution in [3.63, 3.8) is 0 Å². The van der Waals surface area contributed by atoms with Crippen molar-refractivity contribution >= 4 is 23.0 Å². The molecule has 0 N–H and O–H groups in total. The van der Waals surface area contributed by atoms with Crippen molar-refractivity contribution in [3.8, 4) is 5.75 Å². The van der Waals surface area contributed by atoms with Gasteiger partial charge in [-0.1, -0.05) is 24.3 Å². The van der Waals surface area contributed by atoms with Gasteiger partial charge in [0.15, 0.2) is 6.61 Å². The third kappa shape index (κ3) is 2.48. The highest BCUT2D eigenvalue weighted by atomic mass is 16.8. The lowest BCUT2D eigenvalue weighted by atomic mass is 10.2. The smallest absolute Gasteiger partial charge is 0.428 e. The molecular weight excluding hydrogens is 310 g/mol. The van der Waals surface area contributed by atoms with Gasteiger partial charge in [-0.25, -0.2) is 9.59 Å². The molecule has 1 atom stereocenters. The van der Waals surface area contributed by atoms with Gasteiger partial charge in [0.05, 0.1) is 11.1 Å². The van der Waals surface area contributed by atoms with E-state index in [1.807, 2.05) is 18.2 Å². The fraction of sp³-hybridized carbons (Fsp3) is 0.111. The maximum absolute atomic E-state index is 12.2. The molecule has 2 aromatic carbocycles. The Morgan fingerprint density at radius 1 is 1.08 bits per heavy atom. The predicted octanol–water partition coefficient (Wildman–Crippen LogP) is 3.53. The molecule has 1 aromatic heterocycles. The van der Waals surface area contributed by atoms with E-state index in [0.29, 0.717) is 11.3 Å². The standard InChI is InChI=1S/C18H13NO5/c20-17(12-5-2-1-3-6-12)23-15-8-4-7-14-13(15)9-10-19(14)16-11-22-18(21)24-16/h1-10,16H,11H2. The molecule has 0 saturated carbocycles. The van der Waals surface area contributed by atoms with E-state index in [2.05, 4.69) is 0 Å². The second kappa shape index (κ2) is 5.73. The zero-order valence-electron chi connectivity index (χ0n) is 12.5. The van der Waals surface area contributed by atoms with E-state index >= 15 is 0 Å². The summed E-state index contributed by atoms with van der Waals surface area (Å²) in [6, 6.07) is 16.0. The Kier molecular flexibility index (Phi) is 3.42. The van der Waals surface area contributed by atoms with Crippen molar-refractivity contribution in [1.82, 2.24) is 4.57 Å². The van der Waals surface area contributed by atoms with Gasteiger partial charge in [0, 0.05) is 11.6 Å². The molecule has 24 heavy (non-hydrogen) atoms. The Hall–Kier alpha value is -3.28. The van der Waals surface area contributed by atoms with Crippen LogP contribution in [0.4, 0.5) is 4.79 Å². The van der Waals surface area contributed by atoms with Crippen molar-refractivity contribution in [1.29, 1.82) is 0 Å². The van der Waals surface area contributed by atoms with E-state index in [9.17, 15) is 9.59 Å². The summed E-state index contributed by atoms with van der Waals surface area (Å²) in [6.07, 6.45) is 0.570. The van der Waals surface area contributed by atoms with Crippen LogP contribution in [0.2, 0.25) is 0 Å². The average Bonchev–Trinajstić information content (AvgIpc) is 3.22. The molecule has 1 saturated heterocycles. The Balaban J connectivity index is 1.66. The van der Waals surface area contributed by atoms with Gasteiger partial charge in [0.2, 0.25) is 6.23 Å². The summed E-state index contributed by atoms with van der Waals surface area (Å²) in [4.78, 5) is 23.4. The Morgan fingerprint density at radius 3 is 2.67 bits per heavy atom. The van der Waals surface area contributed by atoms with Crippen molar-refractivity contribution < 1.29 is 23.8 Å². The van der Waals surface area contributed by atoms with Gasteiger partial charge in [-0.05, 0) is 30.3 Å². The number of fused-ring (bicyclic) bond motifs is 1. The first-order chi connectivity index (χ1) is 11.7. The summed E-state index contributed by atoms with van der Waals surface area (Å²) in [6.45, 7) is 0.149. The zero-order valence-corrected chi connectivity index (χ0v) is 12.5. The molecule has 3 aromatic rings. The largest absolute Gasteiger partial charge is 0.510 e. The first kappa shape index (κ1) is 14.3. The summed E-state index contributed by atoms with van der Waals surface area (Å²) in [7, 11) is 0. The summed E-state index contributed by atoms with van der Waals surface area (Å²) in [5, 5.41) is 0.754. The maximum Gasteiger partial charge on any atom is 0.510 e. The van der Waals surface area contributed by atoms with Crippen LogP contribution in [0, 0.1) is 0 Å². The third-order valence-corrected chi connectivity index (χ3v) is 3.82. The van der Waals surface area contributed by atoms with Gasteiger partial charge >= 0.3 is 12.1 Å². The summed E-state index contributed by atoms with van der Waals surface area (Å²) in [5.41, 5.74) is 1.27. The topological polar surface area (TPSA) is 66.8 Å². The maximum atomic E-state index is 12.2. The molecule has 6 nitrogen and oxygen atoms in total. The minimum atomic E-state index is -0.687. The molecule has 0 spiro atoms. The molecule has 0 amide bonds. The van der Waals surface area contributed by atoms with Crippen LogP contribution in [0.3, 0.4) is 0 Å². The number of benzene rings is 2. The zero-order chi connectivity index (χ0) is 16.5. The molecule has 0 aliphatic carbocycles. The van der Waals surface area contributed by atoms with Crippen LogP contribution < -0.4 is 4.74 Å². The molecule has 4 rings (SSSR count). The quantitative estimate of drug-likeness (QED) is 0.545. The van der Waals surface area contributed by atoms with Crippen LogP contribution in [-0.2, 0) is 9.47 Å². The number of carbonyl (C=O) groups excluding carboxylic acids is 2. The highest BCUT2D eigenvalue weighted by Crippen LogP contribution is 2.31. The summed E-state index contributed by atoms with van der Waals surface area (Å²) >= 11 is 0. The van der Waals surface area contributed by atoms with Crippen molar-refractivity contribution in [2.24, 2.45) is 0 Å². The fourth-order valence-corrected chi connectivity index (χ4v) is 2.69. The average molecular weight is 323 g/mol. The van der Waals surface area contributed by atoms with E-state index in [1.54, 1.807) is 47.2 Å². The number of esters is 1. The number of ether oxygens (including phenoxy) is 3. The van der Waals surface area contributed by atoms with Gasteiger partial charge in [0.25, 0.3) is 0 Å². The molecular formula is C18H13NO5. The van der Waals surface area contributed by atoms with Gasteiger partial charge in [-0.3, -0.25) is 0 Å². The number of rotatable bonds is 3. The van der Waals surface area contributed by atoms with Crippen molar-refractivity contribution in [2.75, 3.05) is 6.61 Å². The summed E-state index contributed by atoms with van der Waals surface area (Å²) in [5.74, 6) is 0.0248. The molecule has 0 radical (unpaired) electrons. The lowest BCUT2D eigenvalue weighted by Gasteiger charge is -2.11. The third-order valence-electron chi connectivity index (χ3n) is 3.82. The SMILES string of the molecule is O=C1OCC(n2ccc3c(OC(=O)c4ccccc4)cccc32)O1. The van der Waals surface area contributed by atoms with Gasteiger partial charge < -0.3 is 18.8 Å². The number of cyclic esters (lactones) is 2. The van der Waals surface area contributed by atoms with E-state index < -0.39 is 18.4 Å². The van der Waals surface area contributed by atoms with Crippen molar-refractivity contribution in [3.05, 3.63) is 66.4 Å². The number of aromatic nitrogens is 1. The van der Waals surface area contributed by atoms with Crippen LogP contribution in [-0.4, -0.2) is 23.3 Å². The van der Waals surface area contributed by atoms with Crippen LogP contribution in [0.5, 0.6) is 5.75 Å². The first-order valence-corrected chi connectivity index (χ1v) is 7.42. The second-order valence-electron chi connectivity index (χ2n) is 5.30. The van der Waals surface area contributed by atoms with E-state index in [4.69, 9.17) is 14.2 Å². The van der Waals surface area contributed by atoms with E-state index in [0.717, 1.165) is 10.9 Å². The fourth-order valence-electron chi connectivity index (χ4n) is 2.69. The molecule has 0 bridgehead atoms. The minimum Gasteiger partial charge on any atom is -0.428 e. The molecule has 120 valence electrons. The lowest BCUT2D eigenvalue weighted by Crippen LogP contribution is -2.10. The molecule has 1 aliphatic heterocycles. The van der Waals surface area contributed by atoms with Crippen LogP contribution in [0.15, 0.2) is 60.8 Å². The van der Waals surface area contributed by atoms with E-state index in [-0.39, 0.29) is 6.61 Å². The Labute approximate surface area is 137 Å². The molecule has 2 heterocycles. The minimum absolute atomic E-state index is 0.149. The predicted molar refractivity (Wildman–Crippen MR) is 84.8 cm³/mol. The highest BCUT2D eigenvalue weighted by molar-refractivity contribution is 5.95. The summed E-state index contributed by atoms with van der Waals surface area (Å²) < 4.78 is 17.2. The van der Waals surface area contributed by atoms with Crippen LogP contribution in [0.1, 0.15) is 16.6 Å². The van der Waals surface area contributed by atoms with Crippen molar-refractivity contribution in [2.45, 2.75) is 6.23 Å². The molecule has 6 heteroatoms. The monoisotopic (exact) mass is 323 g/mol. The molecule has 1 aliphatic rings. The number of hydrogen-bond acceptors (Lipinski definition) is 5. The molecule has 1 unspecified atom stereocenters.